The molecule has 3 aromatic carbocycles. The number of Topliss-reactive ketones (excluding diaryl/α,β-unsaturated/α-hetero) is 1. The van der Waals surface area contributed by atoms with E-state index in [9.17, 15) is 19.5 Å². The van der Waals surface area contributed by atoms with Crippen LogP contribution in [-0.2, 0) is 19.7 Å². The number of esters is 1. The Kier molecular flexibility index (Phi) is 7.14. The van der Waals surface area contributed by atoms with Crippen molar-refractivity contribution in [1.29, 1.82) is 0 Å². The van der Waals surface area contributed by atoms with E-state index in [0.29, 0.717) is 28.1 Å². The molecule has 196 valence electrons. The molecule has 0 aromatic heterocycles. The maximum atomic E-state index is 13.4. The minimum absolute atomic E-state index is 0.0138. The monoisotopic (exact) mass is 513 g/mol. The second-order valence-electron chi connectivity index (χ2n) is 10.3. The molecule has 1 amide bonds. The van der Waals surface area contributed by atoms with Gasteiger partial charge < -0.3 is 14.6 Å². The summed E-state index contributed by atoms with van der Waals surface area (Å²) >= 11 is 0. The lowest BCUT2D eigenvalue weighted by atomic mass is 9.85. The van der Waals surface area contributed by atoms with Crippen molar-refractivity contribution in [2.24, 2.45) is 0 Å². The molecule has 1 heterocycles. The van der Waals surface area contributed by atoms with Crippen LogP contribution in [0.3, 0.4) is 0 Å². The van der Waals surface area contributed by atoms with Crippen molar-refractivity contribution < 1.29 is 29.0 Å². The van der Waals surface area contributed by atoms with E-state index in [0.717, 1.165) is 11.1 Å². The Morgan fingerprint density at radius 2 is 1.50 bits per heavy atom. The van der Waals surface area contributed by atoms with Crippen LogP contribution in [0.4, 0.5) is 5.69 Å². The lowest BCUT2D eigenvalue weighted by molar-refractivity contribution is -0.132. The summed E-state index contributed by atoms with van der Waals surface area (Å²) in [5.41, 5.74) is 3.55. The largest absolute Gasteiger partial charge is 0.507 e. The Bertz CT molecular complexity index is 1430. The van der Waals surface area contributed by atoms with Crippen LogP contribution < -0.4 is 9.64 Å². The second kappa shape index (κ2) is 10.2. The van der Waals surface area contributed by atoms with E-state index in [-0.39, 0.29) is 16.7 Å². The Balaban J connectivity index is 1.90. The quantitative estimate of drug-likeness (QED) is 0.203. The Morgan fingerprint density at radius 3 is 2.03 bits per heavy atom. The highest BCUT2D eigenvalue weighted by atomic mass is 16.5. The Labute approximate surface area is 222 Å². The predicted molar refractivity (Wildman–Crippen MR) is 145 cm³/mol. The highest BCUT2D eigenvalue weighted by Gasteiger charge is 2.47. The van der Waals surface area contributed by atoms with Crippen molar-refractivity contribution in [2.45, 2.75) is 39.2 Å². The second-order valence-corrected chi connectivity index (χ2v) is 10.3. The molecular formula is C31H31NO6. The predicted octanol–water partition coefficient (Wildman–Crippen LogP) is 5.71. The molecule has 1 fully saturated rings. The summed E-state index contributed by atoms with van der Waals surface area (Å²) in [6.45, 7) is 8.13. The SMILES string of the molecule is COC(=O)c1ccc(N2C(=O)C(=O)/C(=C(\O)c3ccc(OC)c(C)c3)C2c2ccc(C(C)(C)C)cc2)cc1. The first kappa shape index (κ1) is 26.7. The maximum Gasteiger partial charge on any atom is 0.337 e. The molecule has 0 aliphatic carbocycles. The van der Waals surface area contributed by atoms with Crippen molar-refractivity contribution in [3.05, 3.63) is 100 Å². The number of aliphatic hydroxyl groups is 1. The summed E-state index contributed by atoms with van der Waals surface area (Å²) in [4.78, 5) is 40.1. The van der Waals surface area contributed by atoms with Crippen LogP contribution in [0.1, 0.15) is 59.4 Å². The molecule has 7 nitrogen and oxygen atoms in total. The number of ether oxygens (including phenoxy) is 2. The van der Waals surface area contributed by atoms with Crippen LogP contribution in [0.15, 0.2) is 72.3 Å². The smallest absolute Gasteiger partial charge is 0.337 e. The van der Waals surface area contributed by atoms with Gasteiger partial charge in [-0.3, -0.25) is 14.5 Å². The molecule has 1 aliphatic heterocycles. The first-order valence-corrected chi connectivity index (χ1v) is 12.2. The number of aliphatic hydroxyl groups excluding tert-OH is 1. The van der Waals surface area contributed by atoms with Gasteiger partial charge in [0.05, 0.1) is 31.4 Å². The highest BCUT2D eigenvalue weighted by Crippen LogP contribution is 2.43. The molecule has 0 saturated carbocycles. The van der Waals surface area contributed by atoms with Gasteiger partial charge in [0.1, 0.15) is 11.5 Å². The molecule has 1 aliphatic rings. The molecule has 0 radical (unpaired) electrons. The summed E-state index contributed by atoms with van der Waals surface area (Å²) in [6, 6.07) is 18.1. The van der Waals surface area contributed by atoms with E-state index in [1.807, 2.05) is 31.2 Å². The molecular weight excluding hydrogens is 482 g/mol. The normalized spacial score (nSPS) is 17.0. The number of methoxy groups -OCH3 is 2. The fourth-order valence-electron chi connectivity index (χ4n) is 4.64. The molecule has 7 heteroatoms. The van der Waals surface area contributed by atoms with E-state index < -0.39 is 23.7 Å². The number of hydrogen-bond donors (Lipinski definition) is 1. The highest BCUT2D eigenvalue weighted by molar-refractivity contribution is 6.51. The van der Waals surface area contributed by atoms with E-state index in [1.165, 1.54) is 24.1 Å². The van der Waals surface area contributed by atoms with Gasteiger partial charge in [-0.2, -0.15) is 0 Å². The molecule has 1 atom stereocenters. The van der Waals surface area contributed by atoms with Crippen LogP contribution in [0.25, 0.3) is 5.76 Å². The lowest BCUT2D eigenvalue weighted by Gasteiger charge is -2.26. The average Bonchev–Trinajstić information content (AvgIpc) is 3.17. The summed E-state index contributed by atoms with van der Waals surface area (Å²) in [5, 5.41) is 11.4. The van der Waals surface area contributed by atoms with E-state index in [4.69, 9.17) is 9.47 Å². The van der Waals surface area contributed by atoms with Gasteiger partial charge in [-0.1, -0.05) is 45.0 Å². The van der Waals surface area contributed by atoms with Crippen LogP contribution in [0, 0.1) is 6.92 Å². The third kappa shape index (κ3) is 4.79. The molecule has 0 spiro atoms. The van der Waals surface area contributed by atoms with Gasteiger partial charge in [0.25, 0.3) is 11.7 Å². The van der Waals surface area contributed by atoms with Crippen LogP contribution in [-0.4, -0.2) is 37.0 Å². The molecule has 1 unspecified atom stereocenters. The lowest BCUT2D eigenvalue weighted by Crippen LogP contribution is -2.29. The summed E-state index contributed by atoms with van der Waals surface area (Å²) in [7, 11) is 2.84. The number of hydrogen-bond acceptors (Lipinski definition) is 6. The van der Waals surface area contributed by atoms with Crippen molar-refractivity contribution >= 4 is 29.1 Å². The minimum atomic E-state index is -0.879. The standard InChI is InChI=1S/C31H31NO6/c1-18-17-21(11-16-24(18)37-5)27(33)25-26(19-7-12-22(13-8-19)31(2,3)4)32(29(35)28(25)34)23-14-9-20(10-15-23)30(36)38-6/h7-17,26,33H,1-6H3/b27-25-. The van der Waals surface area contributed by atoms with Crippen LogP contribution in [0.2, 0.25) is 0 Å². The van der Waals surface area contributed by atoms with Crippen LogP contribution in [0.5, 0.6) is 5.75 Å². The zero-order valence-electron chi connectivity index (χ0n) is 22.4. The maximum absolute atomic E-state index is 13.4. The Hall–Kier alpha value is -4.39. The number of carbonyl (C=O) groups is 3. The molecule has 1 saturated heterocycles. The molecule has 38 heavy (non-hydrogen) atoms. The van der Waals surface area contributed by atoms with Gasteiger partial charge in [0, 0.05) is 11.3 Å². The number of anilines is 1. The van der Waals surface area contributed by atoms with E-state index in [1.54, 1.807) is 37.4 Å². The summed E-state index contributed by atoms with van der Waals surface area (Å²) in [5.74, 6) is -1.71. The third-order valence-electron chi connectivity index (χ3n) is 6.77. The summed E-state index contributed by atoms with van der Waals surface area (Å²) < 4.78 is 10.1. The molecule has 1 N–H and O–H groups in total. The number of ketones is 1. The van der Waals surface area contributed by atoms with Gasteiger partial charge in [0.15, 0.2) is 0 Å². The zero-order chi connectivity index (χ0) is 27.8. The first-order chi connectivity index (χ1) is 18.0. The van der Waals surface area contributed by atoms with Crippen molar-refractivity contribution in [2.75, 3.05) is 19.1 Å². The fraction of sp³-hybridized carbons (Fsp3) is 0.258. The van der Waals surface area contributed by atoms with E-state index in [2.05, 4.69) is 20.8 Å². The van der Waals surface area contributed by atoms with Gasteiger partial charge in [-0.15, -0.1) is 0 Å². The molecule has 0 bridgehead atoms. The molecule has 4 rings (SSSR count). The zero-order valence-corrected chi connectivity index (χ0v) is 22.4. The third-order valence-corrected chi connectivity index (χ3v) is 6.77. The average molecular weight is 514 g/mol. The fourth-order valence-corrected chi connectivity index (χ4v) is 4.64. The van der Waals surface area contributed by atoms with Crippen molar-refractivity contribution in [3.8, 4) is 5.75 Å². The number of amides is 1. The van der Waals surface area contributed by atoms with Gasteiger partial charge in [-0.05, 0) is 71.5 Å². The number of benzene rings is 3. The molecule has 3 aromatic rings. The number of nitrogens with zero attached hydrogens (tertiary/aromatic N) is 1. The van der Waals surface area contributed by atoms with Gasteiger partial charge in [-0.25, -0.2) is 4.79 Å². The minimum Gasteiger partial charge on any atom is -0.507 e. The summed E-state index contributed by atoms with van der Waals surface area (Å²) in [6.07, 6.45) is 0. The van der Waals surface area contributed by atoms with Crippen molar-refractivity contribution in [3.63, 3.8) is 0 Å². The Morgan fingerprint density at radius 1 is 0.895 bits per heavy atom. The first-order valence-electron chi connectivity index (χ1n) is 12.2. The van der Waals surface area contributed by atoms with E-state index >= 15 is 0 Å². The number of aryl methyl sites for hydroxylation is 1. The van der Waals surface area contributed by atoms with Gasteiger partial charge >= 0.3 is 5.97 Å². The topological polar surface area (TPSA) is 93.1 Å². The number of rotatable bonds is 5. The van der Waals surface area contributed by atoms with Crippen molar-refractivity contribution in [1.82, 2.24) is 0 Å². The van der Waals surface area contributed by atoms with Crippen LogP contribution >= 0.6 is 0 Å². The number of carbonyl (C=O) groups excluding carboxylic acids is 3. The van der Waals surface area contributed by atoms with Gasteiger partial charge in [0.2, 0.25) is 0 Å².